The van der Waals surface area contributed by atoms with Gasteiger partial charge in [-0.2, -0.15) is 5.48 Å². The summed E-state index contributed by atoms with van der Waals surface area (Å²) in [6.45, 7) is 1.08. The van der Waals surface area contributed by atoms with Gasteiger partial charge < -0.3 is 24.9 Å². The molecule has 1 unspecified atom stereocenters. The summed E-state index contributed by atoms with van der Waals surface area (Å²) in [6, 6.07) is 2.66. The quantitative estimate of drug-likeness (QED) is 0.442. The van der Waals surface area contributed by atoms with Gasteiger partial charge >= 0.3 is 5.97 Å². The van der Waals surface area contributed by atoms with E-state index in [0.29, 0.717) is 11.9 Å². The predicted molar refractivity (Wildman–Crippen MR) is 120 cm³/mol. The van der Waals surface area contributed by atoms with Crippen molar-refractivity contribution in [2.75, 3.05) is 11.9 Å². The molecule has 4 N–H and O–H groups in total. The molecule has 1 aromatic heterocycles. The minimum absolute atomic E-state index is 0.0700. The molecule has 9 nitrogen and oxygen atoms in total. The van der Waals surface area contributed by atoms with E-state index in [0.717, 1.165) is 38.2 Å². The van der Waals surface area contributed by atoms with Gasteiger partial charge in [-0.1, -0.05) is 26.2 Å². The lowest BCUT2D eigenvalue weighted by atomic mass is 9.95. The van der Waals surface area contributed by atoms with Crippen LogP contribution in [0.1, 0.15) is 62.2 Å². The highest BCUT2D eigenvalue weighted by Gasteiger charge is 2.21. The van der Waals surface area contributed by atoms with Crippen molar-refractivity contribution in [3.8, 4) is 0 Å². The van der Waals surface area contributed by atoms with E-state index in [1.807, 2.05) is 5.48 Å². The van der Waals surface area contributed by atoms with Crippen LogP contribution in [0.25, 0.3) is 10.9 Å². The molecule has 2 aromatic rings. The molecule has 0 bridgehead atoms. The molecule has 1 aromatic carbocycles. The van der Waals surface area contributed by atoms with E-state index in [9.17, 15) is 29.0 Å². The number of nitrogens with zero attached hydrogens (tertiary/aromatic N) is 1. The number of nitrogens with one attached hydrogen (secondary N) is 2. The molecule has 1 atom stereocenters. The smallest absolute Gasteiger partial charge is 0.332 e. The number of aliphatic hydroxyl groups excluding tert-OH is 2. The van der Waals surface area contributed by atoms with Gasteiger partial charge in [0.2, 0.25) is 5.43 Å². The zero-order chi connectivity index (χ0) is 24.0. The minimum atomic E-state index is -1.17. The Morgan fingerprint density at radius 3 is 2.67 bits per heavy atom. The number of benzene rings is 1. The average Bonchev–Trinajstić information content (AvgIpc) is 2.81. The number of fused-ring (bicyclic) bond motifs is 1. The summed E-state index contributed by atoms with van der Waals surface area (Å²) in [6.07, 6.45) is 5.74. The first-order valence-electron chi connectivity index (χ1n) is 11.3. The van der Waals surface area contributed by atoms with Crippen molar-refractivity contribution in [2.24, 2.45) is 0 Å². The van der Waals surface area contributed by atoms with Crippen molar-refractivity contribution in [3.63, 3.8) is 0 Å². The lowest BCUT2D eigenvalue weighted by Crippen LogP contribution is -2.32. The number of halogens is 1. The largest absolute Gasteiger partial charge is 0.394 e. The molecule has 33 heavy (non-hydrogen) atoms. The Hall–Kier alpha value is -2.98. The molecule has 180 valence electrons. The monoisotopic (exact) mass is 463 g/mol. The van der Waals surface area contributed by atoms with Crippen LogP contribution < -0.4 is 16.2 Å². The first-order valence-corrected chi connectivity index (χ1v) is 11.3. The Balaban J connectivity index is 2.00. The maximum absolute atomic E-state index is 14.9. The summed E-state index contributed by atoms with van der Waals surface area (Å²) in [7, 11) is 0. The van der Waals surface area contributed by atoms with E-state index in [1.54, 1.807) is 6.92 Å². The first kappa shape index (κ1) is 24.7. The number of pyridine rings is 1. The van der Waals surface area contributed by atoms with Crippen molar-refractivity contribution in [1.82, 2.24) is 10.0 Å². The van der Waals surface area contributed by atoms with Crippen LogP contribution in [0.3, 0.4) is 0 Å². The fourth-order valence-corrected chi connectivity index (χ4v) is 4.00. The van der Waals surface area contributed by atoms with Crippen LogP contribution in [0.2, 0.25) is 0 Å². The van der Waals surface area contributed by atoms with Gasteiger partial charge in [-0.15, -0.1) is 0 Å². The topological polar surface area (TPSA) is 130 Å². The molecule has 1 fully saturated rings. The fourth-order valence-electron chi connectivity index (χ4n) is 4.00. The van der Waals surface area contributed by atoms with Crippen molar-refractivity contribution in [1.29, 1.82) is 0 Å². The van der Waals surface area contributed by atoms with Crippen molar-refractivity contribution < 1.29 is 29.0 Å². The predicted octanol–water partition coefficient (Wildman–Crippen LogP) is 2.23. The molecule has 0 aliphatic heterocycles. The van der Waals surface area contributed by atoms with Gasteiger partial charge in [-0.25, -0.2) is 9.18 Å². The van der Waals surface area contributed by atoms with E-state index < -0.39 is 35.8 Å². The van der Waals surface area contributed by atoms with E-state index in [-0.39, 0.29) is 35.6 Å². The summed E-state index contributed by atoms with van der Waals surface area (Å²) in [5.74, 6) is -2.26. The summed E-state index contributed by atoms with van der Waals surface area (Å²) >= 11 is 0. The molecule has 1 saturated carbocycles. The Labute approximate surface area is 190 Å². The third kappa shape index (κ3) is 6.08. The third-order valence-corrected chi connectivity index (χ3v) is 5.71. The Bertz CT molecular complexity index is 1060. The van der Waals surface area contributed by atoms with Crippen LogP contribution in [0.5, 0.6) is 0 Å². The molecule has 1 aliphatic rings. The van der Waals surface area contributed by atoms with Crippen LogP contribution in [-0.2, 0) is 16.2 Å². The zero-order valence-corrected chi connectivity index (χ0v) is 18.6. The van der Waals surface area contributed by atoms with Crippen molar-refractivity contribution in [3.05, 3.63) is 39.9 Å². The number of anilines is 1. The van der Waals surface area contributed by atoms with Crippen LogP contribution in [-0.4, -0.2) is 45.4 Å². The molecule has 0 spiro atoms. The second-order valence-corrected chi connectivity index (χ2v) is 8.34. The Morgan fingerprint density at radius 1 is 1.27 bits per heavy atom. The maximum Gasteiger partial charge on any atom is 0.332 e. The zero-order valence-electron chi connectivity index (χ0n) is 18.6. The van der Waals surface area contributed by atoms with E-state index in [1.165, 1.54) is 16.8 Å². The second kappa shape index (κ2) is 11.2. The number of hydrogen-bond donors (Lipinski definition) is 4. The second-order valence-electron chi connectivity index (χ2n) is 8.34. The SMILES string of the molecule is CCCC(=O)ONC(=O)c1cn(CC(O)CO)c2cc(NC3CCCCC3)c(F)cc2c1=O. The van der Waals surface area contributed by atoms with Crippen LogP contribution in [0.15, 0.2) is 23.1 Å². The van der Waals surface area contributed by atoms with Crippen LogP contribution >= 0.6 is 0 Å². The number of aliphatic hydroxyl groups is 2. The number of hydrogen-bond acceptors (Lipinski definition) is 7. The minimum Gasteiger partial charge on any atom is -0.394 e. The lowest BCUT2D eigenvalue weighted by molar-refractivity contribution is -0.149. The number of amides is 1. The van der Waals surface area contributed by atoms with Gasteiger partial charge in [0.05, 0.1) is 30.5 Å². The Morgan fingerprint density at radius 2 is 2.00 bits per heavy atom. The molecular formula is C23H30FN3O6. The first-order chi connectivity index (χ1) is 15.8. The lowest BCUT2D eigenvalue weighted by Gasteiger charge is -2.24. The van der Waals surface area contributed by atoms with E-state index in [4.69, 9.17) is 0 Å². The van der Waals surface area contributed by atoms with Crippen LogP contribution in [0, 0.1) is 5.82 Å². The Kier molecular flexibility index (Phi) is 8.40. The standard InChI is InChI=1S/C23H30FN3O6/c1-2-6-21(30)33-26-23(32)17-12-27(11-15(29)13-28)20-10-19(18(24)9-16(20)22(17)31)25-14-7-4-3-5-8-14/h9-10,12,14-15,25,28-29H,2-8,11,13H2,1H3,(H,26,32). The summed E-state index contributed by atoms with van der Waals surface area (Å²) in [5.41, 5.74) is 1.34. The molecule has 1 heterocycles. The molecule has 3 rings (SSSR count). The van der Waals surface area contributed by atoms with Gasteiger partial charge in [-0.3, -0.25) is 9.59 Å². The van der Waals surface area contributed by atoms with Crippen LogP contribution in [0.4, 0.5) is 10.1 Å². The van der Waals surface area contributed by atoms with Gasteiger partial charge in [0.1, 0.15) is 11.4 Å². The van der Waals surface area contributed by atoms with Gasteiger partial charge in [0.25, 0.3) is 5.91 Å². The summed E-state index contributed by atoms with van der Waals surface area (Å²) < 4.78 is 16.3. The molecule has 1 aliphatic carbocycles. The summed E-state index contributed by atoms with van der Waals surface area (Å²) in [4.78, 5) is 41.7. The van der Waals surface area contributed by atoms with Gasteiger partial charge in [-0.05, 0) is 31.4 Å². The molecular weight excluding hydrogens is 433 g/mol. The van der Waals surface area contributed by atoms with Crippen molar-refractivity contribution in [2.45, 2.75) is 70.6 Å². The highest BCUT2D eigenvalue weighted by atomic mass is 19.1. The van der Waals surface area contributed by atoms with E-state index >= 15 is 0 Å². The molecule has 10 heteroatoms. The van der Waals surface area contributed by atoms with Gasteiger partial charge in [0.15, 0.2) is 0 Å². The average molecular weight is 464 g/mol. The van der Waals surface area contributed by atoms with Gasteiger partial charge in [0, 0.05) is 24.0 Å². The molecule has 0 radical (unpaired) electrons. The number of carbonyl (C=O) groups excluding carboxylic acids is 2. The number of carbonyl (C=O) groups is 2. The molecule has 0 saturated heterocycles. The van der Waals surface area contributed by atoms with Crippen molar-refractivity contribution >= 4 is 28.5 Å². The molecule has 1 amide bonds. The number of hydroxylamine groups is 1. The fraction of sp³-hybridized carbons (Fsp3) is 0.522. The normalized spacial score (nSPS) is 15.3. The highest BCUT2D eigenvalue weighted by molar-refractivity contribution is 5.97. The number of rotatable bonds is 8. The van der Waals surface area contributed by atoms with E-state index in [2.05, 4.69) is 10.2 Å². The number of aromatic nitrogens is 1. The third-order valence-electron chi connectivity index (χ3n) is 5.71. The highest BCUT2D eigenvalue weighted by Crippen LogP contribution is 2.26. The summed E-state index contributed by atoms with van der Waals surface area (Å²) in [5, 5.41) is 22.4. The maximum atomic E-state index is 14.9.